The molecule has 0 saturated heterocycles. The van der Waals surface area contributed by atoms with Crippen molar-refractivity contribution in [2.24, 2.45) is 0 Å². The Labute approximate surface area is 97.5 Å². The summed E-state index contributed by atoms with van der Waals surface area (Å²) < 4.78 is 17.9. The van der Waals surface area contributed by atoms with E-state index in [0.717, 1.165) is 0 Å². The fourth-order valence-corrected chi connectivity index (χ4v) is 1.67. The molecule has 0 bridgehead atoms. The van der Waals surface area contributed by atoms with Crippen molar-refractivity contribution in [1.82, 2.24) is 0 Å². The number of aliphatic carboxylic acids is 1. The number of benzene rings is 1. The first-order valence-electron chi connectivity index (χ1n) is 5.17. The third-order valence-electron chi connectivity index (χ3n) is 2.56. The highest BCUT2D eigenvalue weighted by Gasteiger charge is 2.21. The minimum atomic E-state index is -0.951. The molecule has 88 valence electrons. The lowest BCUT2D eigenvalue weighted by Gasteiger charge is -2.10. The van der Waals surface area contributed by atoms with Gasteiger partial charge in [0.1, 0.15) is 11.6 Å². The van der Waals surface area contributed by atoms with Gasteiger partial charge < -0.3 is 9.52 Å². The minimum absolute atomic E-state index is 0.258. The summed E-state index contributed by atoms with van der Waals surface area (Å²) in [7, 11) is 0. The molecule has 1 heterocycles. The molecular weight excluding hydrogens is 223 g/mol. The first kappa shape index (κ1) is 11.4. The molecule has 0 aliphatic carbocycles. The number of carbonyl (C=O) groups is 1. The van der Waals surface area contributed by atoms with E-state index in [9.17, 15) is 9.18 Å². The third-order valence-corrected chi connectivity index (χ3v) is 2.56. The van der Waals surface area contributed by atoms with Crippen LogP contribution in [0.15, 0.2) is 47.1 Å². The van der Waals surface area contributed by atoms with Crippen molar-refractivity contribution in [2.45, 2.75) is 12.3 Å². The molecule has 0 spiro atoms. The Kier molecular flexibility index (Phi) is 3.23. The van der Waals surface area contributed by atoms with Gasteiger partial charge >= 0.3 is 5.97 Å². The van der Waals surface area contributed by atoms with E-state index in [1.165, 1.54) is 30.5 Å². The van der Waals surface area contributed by atoms with Crippen molar-refractivity contribution >= 4 is 5.97 Å². The van der Waals surface area contributed by atoms with Crippen LogP contribution in [0.3, 0.4) is 0 Å². The van der Waals surface area contributed by atoms with Gasteiger partial charge in [-0.05, 0) is 29.8 Å². The van der Waals surface area contributed by atoms with E-state index >= 15 is 0 Å². The van der Waals surface area contributed by atoms with E-state index in [1.54, 1.807) is 12.1 Å². The Morgan fingerprint density at radius 1 is 1.29 bits per heavy atom. The van der Waals surface area contributed by atoms with E-state index in [4.69, 9.17) is 9.52 Å². The molecule has 0 radical (unpaired) electrons. The van der Waals surface area contributed by atoms with Crippen molar-refractivity contribution in [3.05, 3.63) is 59.8 Å². The molecule has 2 aromatic rings. The highest BCUT2D eigenvalue weighted by molar-refractivity contribution is 5.76. The minimum Gasteiger partial charge on any atom is -0.481 e. The standard InChI is InChI=1S/C13H11FO3/c14-10-5-3-9(4-6-10)12(13(15)16)8-11-2-1-7-17-11/h1-7,12H,8H2,(H,15,16). The van der Waals surface area contributed by atoms with Gasteiger partial charge in [0.15, 0.2) is 0 Å². The molecule has 0 amide bonds. The maximum absolute atomic E-state index is 12.8. The van der Waals surface area contributed by atoms with Crippen molar-refractivity contribution in [1.29, 1.82) is 0 Å². The second-order valence-corrected chi connectivity index (χ2v) is 3.73. The van der Waals surface area contributed by atoms with Crippen LogP contribution < -0.4 is 0 Å². The Morgan fingerprint density at radius 3 is 2.53 bits per heavy atom. The van der Waals surface area contributed by atoms with Crippen LogP contribution in [0.2, 0.25) is 0 Å². The molecular formula is C13H11FO3. The number of carboxylic acid groups (broad SMARTS) is 1. The Balaban J connectivity index is 2.23. The molecule has 4 heteroatoms. The Hall–Kier alpha value is -2.10. The van der Waals surface area contributed by atoms with Crippen molar-refractivity contribution in [3.8, 4) is 0 Å². The van der Waals surface area contributed by atoms with E-state index in [-0.39, 0.29) is 12.2 Å². The first-order valence-corrected chi connectivity index (χ1v) is 5.17. The topological polar surface area (TPSA) is 50.4 Å². The van der Waals surface area contributed by atoms with Gasteiger partial charge in [-0.25, -0.2) is 4.39 Å². The molecule has 1 unspecified atom stereocenters. The fourth-order valence-electron chi connectivity index (χ4n) is 1.67. The van der Waals surface area contributed by atoms with Gasteiger partial charge in [0.2, 0.25) is 0 Å². The lowest BCUT2D eigenvalue weighted by molar-refractivity contribution is -0.138. The zero-order valence-corrected chi connectivity index (χ0v) is 8.97. The van der Waals surface area contributed by atoms with Crippen LogP contribution in [0, 0.1) is 5.82 Å². The summed E-state index contributed by atoms with van der Waals surface area (Å²) in [4.78, 5) is 11.2. The molecule has 0 aliphatic heterocycles. The van der Waals surface area contributed by atoms with Crippen LogP contribution in [0.1, 0.15) is 17.2 Å². The molecule has 1 atom stereocenters. The number of carboxylic acids is 1. The summed E-state index contributed by atoms with van der Waals surface area (Å²) in [6, 6.07) is 8.91. The lowest BCUT2D eigenvalue weighted by Crippen LogP contribution is -2.14. The molecule has 2 rings (SSSR count). The largest absolute Gasteiger partial charge is 0.481 e. The van der Waals surface area contributed by atoms with Gasteiger partial charge in [-0.2, -0.15) is 0 Å². The van der Waals surface area contributed by atoms with Crippen molar-refractivity contribution in [3.63, 3.8) is 0 Å². The molecule has 17 heavy (non-hydrogen) atoms. The summed E-state index contributed by atoms with van der Waals surface area (Å²) in [5, 5.41) is 9.16. The quantitative estimate of drug-likeness (QED) is 0.884. The summed E-state index contributed by atoms with van der Waals surface area (Å²) in [5.74, 6) is -1.45. The van der Waals surface area contributed by atoms with E-state index in [0.29, 0.717) is 11.3 Å². The van der Waals surface area contributed by atoms with Crippen LogP contribution in [-0.2, 0) is 11.2 Å². The second-order valence-electron chi connectivity index (χ2n) is 3.73. The average molecular weight is 234 g/mol. The van der Waals surface area contributed by atoms with Crippen molar-refractivity contribution in [2.75, 3.05) is 0 Å². The predicted molar refractivity (Wildman–Crippen MR) is 59.2 cm³/mol. The molecule has 1 aromatic heterocycles. The van der Waals surface area contributed by atoms with E-state index in [2.05, 4.69) is 0 Å². The van der Waals surface area contributed by atoms with Crippen LogP contribution in [0.4, 0.5) is 4.39 Å². The van der Waals surface area contributed by atoms with Crippen molar-refractivity contribution < 1.29 is 18.7 Å². The smallest absolute Gasteiger partial charge is 0.311 e. The van der Waals surface area contributed by atoms with Crippen LogP contribution in [0.5, 0.6) is 0 Å². The molecule has 1 aromatic carbocycles. The first-order chi connectivity index (χ1) is 8.16. The van der Waals surface area contributed by atoms with Crippen LogP contribution >= 0.6 is 0 Å². The highest BCUT2D eigenvalue weighted by atomic mass is 19.1. The maximum atomic E-state index is 12.8. The molecule has 0 fully saturated rings. The summed E-state index contributed by atoms with van der Waals surface area (Å²) in [6.07, 6.45) is 1.76. The van der Waals surface area contributed by atoms with E-state index < -0.39 is 11.9 Å². The Morgan fingerprint density at radius 2 is 2.00 bits per heavy atom. The number of halogens is 1. The second kappa shape index (κ2) is 4.82. The van der Waals surface area contributed by atoms with Gasteiger partial charge in [0.05, 0.1) is 12.2 Å². The van der Waals surface area contributed by atoms with Crippen LogP contribution in [0.25, 0.3) is 0 Å². The fraction of sp³-hybridized carbons (Fsp3) is 0.154. The molecule has 0 saturated carbocycles. The summed E-state index contributed by atoms with van der Waals surface area (Å²) in [5.41, 5.74) is 0.565. The summed E-state index contributed by atoms with van der Waals surface area (Å²) >= 11 is 0. The predicted octanol–water partition coefficient (Wildman–Crippen LogP) is 2.83. The summed E-state index contributed by atoms with van der Waals surface area (Å²) in [6.45, 7) is 0. The van der Waals surface area contributed by atoms with E-state index in [1.807, 2.05) is 0 Å². The molecule has 1 N–H and O–H groups in total. The number of hydrogen-bond acceptors (Lipinski definition) is 2. The van der Waals surface area contributed by atoms with Gasteiger partial charge in [-0.3, -0.25) is 4.79 Å². The normalized spacial score (nSPS) is 12.3. The lowest BCUT2D eigenvalue weighted by atomic mass is 9.95. The van der Waals surface area contributed by atoms with Gasteiger partial charge in [-0.15, -0.1) is 0 Å². The molecule has 0 aliphatic rings. The number of hydrogen-bond donors (Lipinski definition) is 1. The number of furan rings is 1. The monoisotopic (exact) mass is 234 g/mol. The van der Waals surface area contributed by atoms with Gasteiger partial charge in [-0.1, -0.05) is 12.1 Å². The zero-order chi connectivity index (χ0) is 12.3. The van der Waals surface area contributed by atoms with Gasteiger partial charge in [0, 0.05) is 6.42 Å². The number of rotatable bonds is 4. The Bertz CT molecular complexity index is 488. The third kappa shape index (κ3) is 2.72. The average Bonchev–Trinajstić information content (AvgIpc) is 2.80. The maximum Gasteiger partial charge on any atom is 0.311 e. The van der Waals surface area contributed by atoms with Crippen LogP contribution in [-0.4, -0.2) is 11.1 Å². The molecule has 3 nitrogen and oxygen atoms in total. The highest BCUT2D eigenvalue weighted by Crippen LogP contribution is 2.21. The zero-order valence-electron chi connectivity index (χ0n) is 8.97. The SMILES string of the molecule is O=C(O)C(Cc1ccco1)c1ccc(F)cc1. The van der Waals surface area contributed by atoms with Gasteiger partial charge in [0.25, 0.3) is 0 Å².